The van der Waals surface area contributed by atoms with Crippen molar-refractivity contribution in [2.45, 2.75) is 26.2 Å². The highest BCUT2D eigenvalue weighted by molar-refractivity contribution is 7.85. The molecule has 57 heavy (non-hydrogen) atoms. The van der Waals surface area contributed by atoms with Crippen LogP contribution < -0.4 is 9.64 Å². The van der Waals surface area contributed by atoms with Gasteiger partial charge < -0.3 is 25.0 Å². The maximum atomic E-state index is 11.6. The predicted octanol–water partition coefficient (Wildman–Crippen LogP) is 6.77. The van der Waals surface area contributed by atoms with Gasteiger partial charge in [-0.2, -0.15) is 38.8 Å². The van der Waals surface area contributed by atoms with Crippen molar-refractivity contribution in [1.29, 1.82) is 0 Å². The van der Waals surface area contributed by atoms with Gasteiger partial charge in [-0.3, -0.25) is 9.35 Å². The van der Waals surface area contributed by atoms with Crippen molar-refractivity contribution in [2.75, 3.05) is 30.9 Å². The molecule has 4 aromatic carbocycles. The summed E-state index contributed by atoms with van der Waals surface area (Å²) in [5.41, 5.74) is 2.87. The van der Waals surface area contributed by atoms with Gasteiger partial charge in [-0.15, -0.1) is 0 Å². The third-order valence-electron chi connectivity index (χ3n) is 7.98. The third kappa shape index (κ3) is 12.5. The van der Waals surface area contributed by atoms with E-state index >= 15 is 0 Å². The summed E-state index contributed by atoms with van der Waals surface area (Å²) in [6.07, 6.45) is 0.232. The normalized spacial score (nSPS) is 11.6. The molecule has 0 amide bonds. The minimum absolute atomic E-state index is 0.0339. The first-order chi connectivity index (χ1) is 27.1. The lowest BCUT2D eigenvalue weighted by molar-refractivity contribution is -0.135. The van der Waals surface area contributed by atoms with Gasteiger partial charge in [-0.25, -0.2) is 14.6 Å². The number of carboxylic acids is 3. The molecule has 0 unspecified atom stereocenters. The van der Waals surface area contributed by atoms with Gasteiger partial charge in [0.1, 0.15) is 23.9 Å². The van der Waals surface area contributed by atoms with E-state index in [1.807, 2.05) is 42.5 Å². The standard InChI is InChI=1S/C38H36N8O10S/c1-23-15-25(32(56-13-6-14-57(53,54)55)21-31(23)45-44-30-18-26(36(49)50)17-27(19-30)37(51)52)20-34-39-33(40-38(41-34)46(2)22-35(47)48)16-24-9-11-29(12-10-24)43-42-28-7-4-3-5-8-28/h3-5,7-12,15,17-19,21H,6,13-14,16,20,22H2,1-2H3,(H,47,48)(H,49,50)(H,51,52)(H,53,54,55). The van der Waals surface area contributed by atoms with E-state index in [0.29, 0.717) is 28.3 Å². The molecule has 4 N–H and O–H groups in total. The van der Waals surface area contributed by atoms with E-state index in [1.165, 1.54) is 18.0 Å². The van der Waals surface area contributed by atoms with Crippen molar-refractivity contribution in [3.8, 4) is 5.75 Å². The van der Waals surface area contributed by atoms with E-state index in [2.05, 4.69) is 35.4 Å². The second-order valence-corrected chi connectivity index (χ2v) is 14.2. The minimum atomic E-state index is -4.26. The number of benzene rings is 4. The van der Waals surface area contributed by atoms with Crippen LogP contribution in [0.3, 0.4) is 0 Å². The highest BCUT2D eigenvalue weighted by atomic mass is 32.2. The topological polar surface area (TPSA) is 267 Å². The number of nitrogens with zero attached hydrogens (tertiary/aromatic N) is 8. The molecule has 0 spiro atoms. The Kier molecular flexibility index (Phi) is 13.4. The Morgan fingerprint density at radius 2 is 1.33 bits per heavy atom. The Labute approximate surface area is 326 Å². The zero-order valence-corrected chi connectivity index (χ0v) is 31.4. The van der Waals surface area contributed by atoms with Crippen LogP contribution in [0.15, 0.2) is 105 Å². The molecule has 0 saturated carbocycles. The Balaban J connectivity index is 1.47. The van der Waals surface area contributed by atoms with Gasteiger partial charge in [0.15, 0.2) is 0 Å². The van der Waals surface area contributed by atoms with E-state index in [9.17, 15) is 42.7 Å². The summed E-state index contributed by atoms with van der Waals surface area (Å²) < 4.78 is 37.9. The molecule has 19 heteroatoms. The number of anilines is 1. The van der Waals surface area contributed by atoms with Crippen LogP contribution in [0.4, 0.5) is 28.7 Å². The number of aliphatic carboxylic acids is 1. The molecule has 1 aromatic heterocycles. The van der Waals surface area contributed by atoms with Crippen LogP contribution in [0.5, 0.6) is 5.75 Å². The molecule has 0 radical (unpaired) electrons. The lowest BCUT2D eigenvalue weighted by Gasteiger charge is -2.17. The Hall–Kier alpha value is -6.99. The second kappa shape index (κ2) is 18.6. The molecule has 294 valence electrons. The first kappa shape index (κ1) is 41.2. The summed E-state index contributed by atoms with van der Waals surface area (Å²) in [7, 11) is -2.73. The maximum Gasteiger partial charge on any atom is 0.335 e. The second-order valence-electron chi connectivity index (χ2n) is 12.6. The Morgan fingerprint density at radius 1 is 0.737 bits per heavy atom. The van der Waals surface area contributed by atoms with Crippen molar-refractivity contribution in [3.05, 3.63) is 124 Å². The summed E-state index contributed by atoms with van der Waals surface area (Å²) in [4.78, 5) is 49.9. The van der Waals surface area contributed by atoms with Gasteiger partial charge in [0.2, 0.25) is 5.95 Å². The van der Waals surface area contributed by atoms with E-state index in [-0.39, 0.29) is 65.9 Å². The molecule has 0 aliphatic carbocycles. The third-order valence-corrected chi connectivity index (χ3v) is 8.79. The van der Waals surface area contributed by atoms with Crippen molar-refractivity contribution in [1.82, 2.24) is 15.0 Å². The first-order valence-corrected chi connectivity index (χ1v) is 18.7. The number of hydrogen-bond donors (Lipinski definition) is 4. The number of azo groups is 2. The van der Waals surface area contributed by atoms with Gasteiger partial charge in [-0.05, 0) is 73.0 Å². The van der Waals surface area contributed by atoms with Gasteiger partial charge in [-0.1, -0.05) is 30.3 Å². The van der Waals surface area contributed by atoms with Gasteiger partial charge in [0, 0.05) is 31.5 Å². The molecule has 5 rings (SSSR count). The molecule has 0 aliphatic rings. The van der Waals surface area contributed by atoms with E-state index in [4.69, 9.17) is 4.74 Å². The van der Waals surface area contributed by atoms with Crippen molar-refractivity contribution >= 4 is 56.7 Å². The zero-order valence-electron chi connectivity index (χ0n) is 30.5. The first-order valence-electron chi connectivity index (χ1n) is 17.1. The van der Waals surface area contributed by atoms with Crippen LogP contribution in [0, 0.1) is 6.92 Å². The number of hydrogen-bond acceptors (Lipinski definition) is 14. The highest BCUT2D eigenvalue weighted by Gasteiger charge is 2.18. The average molecular weight is 797 g/mol. The number of aromatic carboxylic acids is 2. The summed E-state index contributed by atoms with van der Waals surface area (Å²) in [5.74, 6) is -3.44. The fourth-order valence-corrected chi connectivity index (χ4v) is 5.75. The molecule has 5 aromatic rings. The number of likely N-dealkylation sites (N-methyl/N-ethyl adjacent to an activating group) is 1. The number of rotatable bonds is 18. The summed E-state index contributed by atoms with van der Waals surface area (Å²) >= 11 is 0. The average Bonchev–Trinajstić information content (AvgIpc) is 3.16. The van der Waals surface area contributed by atoms with E-state index in [1.54, 1.807) is 25.1 Å². The summed E-state index contributed by atoms with van der Waals surface area (Å²) in [6.45, 7) is 1.18. The molecule has 0 aliphatic heterocycles. The number of carboxylic acid groups (broad SMARTS) is 3. The van der Waals surface area contributed by atoms with Gasteiger partial charge in [0.05, 0.1) is 46.2 Å². The van der Waals surface area contributed by atoms with Crippen LogP contribution >= 0.6 is 0 Å². The largest absolute Gasteiger partial charge is 0.493 e. The van der Waals surface area contributed by atoms with Crippen LogP contribution in [0.1, 0.15) is 55.5 Å². The molecular formula is C38H36N8O10S. The predicted molar refractivity (Wildman–Crippen MR) is 206 cm³/mol. The van der Waals surface area contributed by atoms with Gasteiger partial charge in [0.25, 0.3) is 10.1 Å². The number of aryl methyl sites for hydroxylation is 1. The quantitative estimate of drug-likeness (QED) is 0.0405. The fourth-order valence-electron chi connectivity index (χ4n) is 5.27. The van der Waals surface area contributed by atoms with Crippen LogP contribution in [-0.4, -0.2) is 87.1 Å². The molecule has 0 bridgehead atoms. The molecule has 0 fully saturated rings. The van der Waals surface area contributed by atoms with Crippen molar-refractivity contribution < 1.29 is 47.4 Å². The summed E-state index contributed by atoms with van der Waals surface area (Å²) in [6, 6.07) is 23.1. The number of ether oxygens (including phenoxy) is 1. The SMILES string of the molecule is Cc1cc(Cc2nc(Cc3ccc(N=Nc4ccccc4)cc3)nc(N(C)CC(=O)O)n2)c(OCCCS(=O)(=O)O)cc1N=Nc1cc(C(=O)O)cc(C(=O)O)c1. The maximum absolute atomic E-state index is 11.6. The van der Waals surface area contributed by atoms with E-state index in [0.717, 1.165) is 23.8 Å². The lowest BCUT2D eigenvalue weighted by Crippen LogP contribution is -2.28. The smallest absolute Gasteiger partial charge is 0.335 e. The highest BCUT2D eigenvalue weighted by Crippen LogP contribution is 2.33. The van der Waals surface area contributed by atoms with Crippen LogP contribution in [-0.2, 0) is 27.8 Å². The molecule has 18 nitrogen and oxygen atoms in total. The number of aromatic nitrogens is 3. The minimum Gasteiger partial charge on any atom is -0.493 e. The van der Waals surface area contributed by atoms with Crippen molar-refractivity contribution in [3.63, 3.8) is 0 Å². The van der Waals surface area contributed by atoms with E-state index < -0.39 is 40.3 Å². The summed E-state index contributed by atoms with van der Waals surface area (Å²) in [5, 5.41) is 45.1. The number of carbonyl (C=O) groups is 3. The van der Waals surface area contributed by atoms with Crippen molar-refractivity contribution in [2.24, 2.45) is 20.5 Å². The Bertz CT molecular complexity index is 2410. The molecule has 0 saturated heterocycles. The lowest BCUT2D eigenvalue weighted by atomic mass is 10.0. The molecular weight excluding hydrogens is 761 g/mol. The zero-order chi connectivity index (χ0) is 41.1. The monoisotopic (exact) mass is 796 g/mol. The Morgan fingerprint density at radius 3 is 1.93 bits per heavy atom. The molecule has 0 atom stereocenters. The van der Waals surface area contributed by atoms with Gasteiger partial charge >= 0.3 is 17.9 Å². The van der Waals surface area contributed by atoms with Crippen LogP contribution in [0.2, 0.25) is 0 Å². The fraction of sp³-hybridized carbons (Fsp3) is 0.211. The van der Waals surface area contributed by atoms with Crippen LogP contribution in [0.25, 0.3) is 0 Å². The molecule has 1 heterocycles.